The Morgan fingerprint density at radius 1 is 1.38 bits per heavy atom. The number of hydrogen-bond donors (Lipinski definition) is 2. The maximum absolute atomic E-state index is 3.52. The van der Waals surface area contributed by atoms with E-state index >= 15 is 0 Å². The number of nitrogens with one attached hydrogen (secondary N) is 2. The first-order valence-corrected chi connectivity index (χ1v) is 6.43. The maximum atomic E-state index is 3.52. The van der Waals surface area contributed by atoms with Gasteiger partial charge >= 0.3 is 0 Å². The van der Waals surface area contributed by atoms with E-state index in [9.17, 15) is 0 Å². The summed E-state index contributed by atoms with van der Waals surface area (Å²) in [7, 11) is 1.96. The van der Waals surface area contributed by atoms with Crippen molar-refractivity contribution in [2.24, 2.45) is 0 Å². The highest BCUT2D eigenvalue weighted by Crippen LogP contribution is 2.31. The Morgan fingerprint density at radius 3 is 2.69 bits per heavy atom. The van der Waals surface area contributed by atoms with Gasteiger partial charge in [-0.3, -0.25) is 0 Å². The van der Waals surface area contributed by atoms with Gasteiger partial charge in [-0.15, -0.1) is 11.3 Å². The first kappa shape index (κ1) is 11.7. The van der Waals surface area contributed by atoms with Crippen LogP contribution in [0.25, 0.3) is 0 Å². The highest BCUT2D eigenvalue weighted by molar-refractivity contribution is 9.12. The van der Waals surface area contributed by atoms with Crippen LogP contribution >= 0.6 is 43.2 Å². The van der Waals surface area contributed by atoms with Gasteiger partial charge in [0.1, 0.15) is 0 Å². The van der Waals surface area contributed by atoms with Gasteiger partial charge in [0.2, 0.25) is 0 Å². The van der Waals surface area contributed by atoms with Crippen LogP contribution in [0.4, 0.5) is 0 Å². The normalized spacial score (nSPS) is 10.7. The lowest BCUT2D eigenvalue weighted by Gasteiger charge is -2.02. The van der Waals surface area contributed by atoms with Gasteiger partial charge in [-0.1, -0.05) is 0 Å². The molecule has 1 aromatic heterocycles. The van der Waals surface area contributed by atoms with Gasteiger partial charge in [-0.2, -0.15) is 0 Å². The van der Waals surface area contributed by atoms with Crippen LogP contribution in [-0.4, -0.2) is 20.1 Å². The van der Waals surface area contributed by atoms with Crippen LogP contribution < -0.4 is 10.6 Å². The highest BCUT2D eigenvalue weighted by Gasteiger charge is 2.03. The van der Waals surface area contributed by atoms with Crippen LogP contribution in [0.5, 0.6) is 0 Å². The molecule has 0 aromatic carbocycles. The summed E-state index contributed by atoms with van der Waals surface area (Å²) in [5.74, 6) is 0. The van der Waals surface area contributed by atoms with Crippen molar-refractivity contribution < 1.29 is 0 Å². The molecule has 0 atom stereocenters. The summed E-state index contributed by atoms with van der Waals surface area (Å²) in [6.45, 7) is 2.92. The van der Waals surface area contributed by atoms with Crippen LogP contribution in [0, 0.1) is 0 Å². The van der Waals surface area contributed by atoms with Crippen molar-refractivity contribution in [1.82, 2.24) is 10.6 Å². The zero-order valence-electron chi connectivity index (χ0n) is 7.36. The molecule has 0 spiro atoms. The fourth-order valence-corrected chi connectivity index (χ4v) is 3.76. The van der Waals surface area contributed by atoms with E-state index in [-0.39, 0.29) is 0 Å². The zero-order chi connectivity index (χ0) is 9.68. The minimum absolute atomic E-state index is 0.921. The standard InChI is InChI=1S/C8H12Br2N2S/c1-11-2-3-12-5-6-4-7(9)13-8(6)10/h4,11-12H,2-3,5H2,1H3. The molecule has 0 saturated carbocycles. The van der Waals surface area contributed by atoms with Crippen molar-refractivity contribution in [2.75, 3.05) is 20.1 Å². The molecule has 13 heavy (non-hydrogen) atoms. The largest absolute Gasteiger partial charge is 0.318 e. The Labute approximate surface area is 99.4 Å². The summed E-state index contributed by atoms with van der Waals surface area (Å²) in [5.41, 5.74) is 1.31. The average Bonchev–Trinajstić information content (AvgIpc) is 2.39. The van der Waals surface area contributed by atoms with E-state index in [1.165, 1.54) is 13.1 Å². The summed E-state index contributed by atoms with van der Waals surface area (Å²) < 4.78 is 2.38. The second-order valence-corrected chi connectivity index (χ2v) is 6.38. The minimum Gasteiger partial charge on any atom is -0.318 e. The molecule has 0 aliphatic carbocycles. The molecule has 0 aliphatic rings. The molecule has 2 N–H and O–H groups in total. The molecule has 1 aromatic rings. The molecular formula is C8H12Br2N2S. The number of thiophene rings is 1. The van der Waals surface area contributed by atoms with E-state index in [2.05, 4.69) is 48.6 Å². The molecule has 0 amide bonds. The summed E-state index contributed by atoms with van der Waals surface area (Å²) >= 11 is 8.68. The van der Waals surface area contributed by atoms with Crippen molar-refractivity contribution in [3.63, 3.8) is 0 Å². The van der Waals surface area contributed by atoms with Gasteiger partial charge in [0.15, 0.2) is 0 Å². The molecule has 1 heterocycles. The molecule has 0 fully saturated rings. The number of hydrogen-bond acceptors (Lipinski definition) is 3. The molecule has 0 aliphatic heterocycles. The number of halogens is 2. The Kier molecular flexibility index (Phi) is 5.50. The summed E-state index contributed by atoms with van der Waals surface area (Å²) in [6, 6.07) is 2.14. The smallest absolute Gasteiger partial charge is 0.0755 e. The van der Waals surface area contributed by atoms with E-state index < -0.39 is 0 Å². The average molecular weight is 328 g/mol. The van der Waals surface area contributed by atoms with Crippen LogP contribution in [0.1, 0.15) is 5.56 Å². The molecule has 5 heteroatoms. The van der Waals surface area contributed by atoms with E-state index in [4.69, 9.17) is 0 Å². The third-order valence-electron chi connectivity index (χ3n) is 1.59. The maximum Gasteiger partial charge on any atom is 0.0755 e. The molecule has 1 rings (SSSR count). The topological polar surface area (TPSA) is 24.1 Å². The predicted octanol–water partition coefficient (Wildman–Crippen LogP) is 2.58. The van der Waals surface area contributed by atoms with Crippen molar-refractivity contribution in [3.05, 3.63) is 19.2 Å². The third kappa shape index (κ3) is 4.08. The van der Waals surface area contributed by atoms with Crippen LogP contribution in [-0.2, 0) is 6.54 Å². The Hall–Kier alpha value is 0.580. The SMILES string of the molecule is CNCCNCc1cc(Br)sc1Br. The zero-order valence-corrected chi connectivity index (χ0v) is 11.4. The third-order valence-corrected chi connectivity index (χ3v) is 4.06. The highest BCUT2D eigenvalue weighted by atomic mass is 79.9. The van der Waals surface area contributed by atoms with E-state index in [0.29, 0.717) is 0 Å². The first-order valence-electron chi connectivity index (χ1n) is 4.03. The number of likely N-dealkylation sites (N-methyl/N-ethyl adjacent to an activating group) is 1. The van der Waals surface area contributed by atoms with E-state index in [1.807, 2.05) is 7.05 Å². The van der Waals surface area contributed by atoms with Gasteiger partial charge in [0, 0.05) is 19.6 Å². The van der Waals surface area contributed by atoms with Crippen molar-refractivity contribution in [2.45, 2.75) is 6.54 Å². The second kappa shape index (κ2) is 6.14. The molecule has 0 bridgehead atoms. The van der Waals surface area contributed by atoms with Gasteiger partial charge in [0.05, 0.1) is 7.57 Å². The van der Waals surface area contributed by atoms with Gasteiger partial charge < -0.3 is 10.6 Å². The van der Waals surface area contributed by atoms with E-state index in [0.717, 1.165) is 19.6 Å². The second-order valence-electron chi connectivity index (χ2n) is 2.63. The summed E-state index contributed by atoms with van der Waals surface area (Å²) in [6.07, 6.45) is 0. The molecule has 74 valence electrons. The fourth-order valence-electron chi connectivity index (χ4n) is 0.931. The van der Waals surface area contributed by atoms with Gasteiger partial charge in [0.25, 0.3) is 0 Å². The van der Waals surface area contributed by atoms with Crippen molar-refractivity contribution in [1.29, 1.82) is 0 Å². The molecule has 0 unspecified atom stereocenters. The Morgan fingerprint density at radius 2 is 2.15 bits per heavy atom. The molecule has 0 saturated heterocycles. The van der Waals surface area contributed by atoms with Crippen LogP contribution in [0.15, 0.2) is 13.6 Å². The lowest BCUT2D eigenvalue weighted by molar-refractivity contribution is 0.651. The minimum atomic E-state index is 0.921. The fraction of sp³-hybridized carbons (Fsp3) is 0.500. The Bertz CT molecular complexity index is 263. The van der Waals surface area contributed by atoms with Crippen molar-refractivity contribution in [3.8, 4) is 0 Å². The van der Waals surface area contributed by atoms with Gasteiger partial charge in [-0.05, 0) is 50.5 Å². The predicted molar refractivity (Wildman–Crippen MR) is 65.4 cm³/mol. The summed E-state index contributed by atoms with van der Waals surface area (Å²) in [4.78, 5) is 0. The molecule has 2 nitrogen and oxygen atoms in total. The quantitative estimate of drug-likeness (QED) is 0.812. The molecule has 0 radical (unpaired) electrons. The first-order chi connectivity index (χ1) is 6.24. The van der Waals surface area contributed by atoms with Crippen LogP contribution in [0.2, 0.25) is 0 Å². The molecular weight excluding hydrogens is 316 g/mol. The van der Waals surface area contributed by atoms with Gasteiger partial charge in [-0.25, -0.2) is 0 Å². The van der Waals surface area contributed by atoms with Crippen molar-refractivity contribution >= 4 is 43.2 Å². The van der Waals surface area contributed by atoms with Crippen LogP contribution in [0.3, 0.4) is 0 Å². The number of rotatable bonds is 5. The lowest BCUT2D eigenvalue weighted by atomic mass is 10.3. The van der Waals surface area contributed by atoms with E-state index in [1.54, 1.807) is 11.3 Å². The Balaban J connectivity index is 2.32. The lowest BCUT2D eigenvalue weighted by Crippen LogP contribution is -2.24. The monoisotopic (exact) mass is 326 g/mol. The summed E-state index contributed by atoms with van der Waals surface area (Å²) in [5, 5.41) is 6.44.